The van der Waals surface area contributed by atoms with Gasteiger partial charge in [0.2, 0.25) is 5.91 Å². The van der Waals surface area contributed by atoms with Crippen LogP contribution >= 0.6 is 0 Å². The number of rotatable bonds is 9. The standard InChI is InChI=1S/C41H47N3O4/c1-41(2,3)48-40(46)43-24-22-35(32-15-10-14-31(26-32)19-18-30-12-6-5-7-13-30)37(29-43)39(45)44(34-20-21-34)28-33-27-42(23-11-25-47-4)38-17-9-8-16-36(33)38/h5-10,12-17,26-27,34-35,37H,11,20-25,28-29H2,1-4H3/t35-,37+/m1/s1. The lowest BCUT2D eigenvalue weighted by atomic mass is 9.79. The Bertz CT molecular complexity index is 1790. The molecule has 1 aliphatic heterocycles. The molecule has 0 radical (unpaired) electrons. The number of nitrogens with zero attached hydrogens (tertiary/aromatic N) is 3. The first-order valence-corrected chi connectivity index (χ1v) is 17.2. The van der Waals surface area contributed by atoms with E-state index in [4.69, 9.17) is 9.47 Å². The van der Waals surface area contributed by atoms with Crippen LogP contribution in [-0.2, 0) is 27.4 Å². The summed E-state index contributed by atoms with van der Waals surface area (Å²) < 4.78 is 13.4. The molecule has 1 saturated carbocycles. The Hall–Kier alpha value is -4.54. The van der Waals surface area contributed by atoms with Crippen molar-refractivity contribution in [1.29, 1.82) is 0 Å². The fourth-order valence-electron chi connectivity index (χ4n) is 6.79. The zero-order valence-corrected chi connectivity index (χ0v) is 28.7. The van der Waals surface area contributed by atoms with Crippen molar-refractivity contribution in [3.63, 3.8) is 0 Å². The summed E-state index contributed by atoms with van der Waals surface area (Å²) in [5.41, 5.74) is 4.67. The van der Waals surface area contributed by atoms with Gasteiger partial charge >= 0.3 is 6.09 Å². The van der Waals surface area contributed by atoms with Gasteiger partial charge in [0.05, 0.1) is 5.92 Å². The van der Waals surface area contributed by atoms with Gasteiger partial charge in [-0.3, -0.25) is 4.79 Å². The molecule has 7 heteroatoms. The van der Waals surface area contributed by atoms with Crippen LogP contribution in [0.15, 0.2) is 85.1 Å². The minimum atomic E-state index is -0.614. The van der Waals surface area contributed by atoms with Gasteiger partial charge in [0.25, 0.3) is 0 Å². The normalized spacial score (nSPS) is 17.9. The third kappa shape index (κ3) is 8.11. The second-order valence-electron chi connectivity index (χ2n) is 14.1. The van der Waals surface area contributed by atoms with E-state index in [2.05, 4.69) is 63.9 Å². The maximum Gasteiger partial charge on any atom is 0.410 e. The van der Waals surface area contributed by atoms with Crippen molar-refractivity contribution in [3.05, 3.63) is 107 Å². The predicted molar refractivity (Wildman–Crippen MR) is 190 cm³/mol. The Balaban J connectivity index is 1.31. The molecule has 0 bridgehead atoms. The van der Waals surface area contributed by atoms with Crippen molar-refractivity contribution in [2.45, 2.75) is 77.1 Å². The Morgan fingerprint density at radius 2 is 1.65 bits per heavy atom. The Morgan fingerprint density at radius 3 is 2.40 bits per heavy atom. The summed E-state index contributed by atoms with van der Waals surface area (Å²) in [6, 6.07) is 26.9. The van der Waals surface area contributed by atoms with Crippen molar-refractivity contribution < 1.29 is 19.1 Å². The molecule has 250 valence electrons. The van der Waals surface area contributed by atoms with Gasteiger partial charge in [0.15, 0.2) is 0 Å². The lowest BCUT2D eigenvalue weighted by Gasteiger charge is -2.40. The molecule has 2 heterocycles. The molecule has 1 aromatic heterocycles. The highest BCUT2D eigenvalue weighted by Crippen LogP contribution is 2.39. The summed E-state index contributed by atoms with van der Waals surface area (Å²) in [7, 11) is 1.73. The molecule has 6 rings (SSSR count). The molecule has 1 saturated heterocycles. The third-order valence-corrected chi connectivity index (χ3v) is 9.25. The summed E-state index contributed by atoms with van der Waals surface area (Å²) in [6.45, 7) is 8.57. The van der Waals surface area contributed by atoms with Gasteiger partial charge in [-0.15, -0.1) is 0 Å². The average molecular weight is 646 g/mol. The smallest absolute Gasteiger partial charge is 0.410 e. The van der Waals surface area contributed by atoms with Gasteiger partial charge in [-0.1, -0.05) is 60.4 Å². The van der Waals surface area contributed by atoms with Crippen LogP contribution in [0.5, 0.6) is 0 Å². The zero-order chi connectivity index (χ0) is 33.7. The van der Waals surface area contributed by atoms with E-state index < -0.39 is 11.5 Å². The molecule has 2 aliphatic rings. The van der Waals surface area contributed by atoms with E-state index in [0.29, 0.717) is 32.7 Å². The first-order chi connectivity index (χ1) is 23.2. The summed E-state index contributed by atoms with van der Waals surface area (Å²) >= 11 is 0. The molecule has 1 aliphatic carbocycles. The summed E-state index contributed by atoms with van der Waals surface area (Å²) in [6.07, 6.45) is 5.43. The maximum absolute atomic E-state index is 14.9. The zero-order valence-electron chi connectivity index (χ0n) is 28.7. The monoisotopic (exact) mass is 645 g/mol. The number of fused-ring (bicyclic) bond motifs is 1. The van der Waals surface area contributed by atoms with Gasteiger partial charge < -0.3 is 23.8 Å². The highest BCUT2D eigenvalue weighted by Gasteiger charge is 2.43. The molecule has 48 heavy (non-hydrogen) atoms. The number of carbonyl (C=O) groups is 2. The van der Waals surface area contributed by atoms with Crippen LogP contribution in [0.2, 0.25) is 0 Å². The van der Waals surface area contributed by atoms with Crippen LogP contribution < -0.4 is 0 Å². The minimum Gasteiger partial charge on any atom is -0.444 e. The third-order valence-electron chi connectivity index (χ3n) is 9.25. The molecular formula is C41H47N3O4. The van der Waals surface area contributed by atoms with E-state index in [9.17, 15) is 9.59 Å². The van der Waals surface area contributed by atoms with Crippen LogP contribution in [0, 0.1) is 17.8 Å². The summed E-state index contributed by atoms with van der Waals surface area (Å²) in [5, 5.41) is 1.17. The Morgan fingerprint density at radius 1 is 0.917 bits per heavy atom. The van der Waals surface area contributed by atoms with E-state index in [1.807, 2.05) is 63.2 Å². The molecule has 2 amide bonds. The van der Waals surface area contributed by atoms with Crippen molar-refractivity contribution in [3.8, 4) is 11.8 Å². The van der Waals surface area contributed by atoms with Gasteiger partial charge in [-0.05, 0) is 93.8 Å². The van der Waals surface area contributed by atoms with E-state index >= 15 is 0 Å². The molecular weight excluding hydrogens is 598 g/mol. The molecule has 0 unspecified atom stereocenters. The minimum absolute atomic E-state index is 0.0497. The van der Waals surface area contributed by atoms with Crippen molar-refractivity contribution in [1.82, 2.24) is 14.4 Å². The number of carbonyl (C=O) groups excluding carboxylic acids is 2. The number of piperidine rings is 1. The maximum atomic E-state index is 14.9. The molecule has 4 aromatic rings. The largest absolute Gasteiger partial charge is 0.444 e. The Kier molecular flexibility index (Phi) is 10.2. The van der Waals surface area contributed by atoms with Crippen LogP contribution in [0.4, 0.5) is 4.79 Å². The van der Waals surface area contributed by atoms with Crippen LogP contribution in [-0.4, -0.2) is 64.8 Å². The number of amides is 2. The predicted octanol–water partition coefficient (Wildman–Crippen LogP) is 7.61. The molecule has 0 spiro atoms. The average Bonchev–Trinajstić information content (AvgIpc) is 3.88. The fourth-order valence-corrected chi connectivity index (χ4v) is 6.79. The molecule has 3 aromatic carbocycles. The topological polar surface area (TPSA) is 64.0 Å². The van der Waals surface area contributed by atoms with E-state index in [1.54, 1.807) is 12.0 Å². The van der Waals surface area contributed by atoms with Gasteiger partial charge in [0.1, 0.15) is 5.60 Å². The quantitative estimate of drug-likeness (QED) is 0.139. The number of ether oxygens (including phenoxy) is 2. The van der Waals surface area contributed by atoms with E-state index in [0.717, 1.165) is 48.1 Å². The number of methoxy groups -OCH3 is 1. The van der Waals surface area contributed by atoms with E-state index in [1.165, 1.54) is 10.9 Å². The second-order valence-corrected chi connectivity index (χ2v) is 14.1. The van der Waals surface area contributed by atoms with Crippen molar-refractivity contribution >= 4 is 22.9 Å². The van der Waals surface area contributed by atoms with Gasteiger partial charge in [-0.25, -0.2) is 4.79 Å². The summed E-state index contributed by atoms with van der Waals surface area (Å²) in [4.78, 5) is 32.0. The Labute approximate surface area is 284 Å². The molecule has 7 nitrogen and oxygen atoms in total. The fraction of sp³-hybridized carbons (Fsp3) is 0.415. The number of para-hydroxylation sites is 1. The second kappa shape index (κ2) is 14.7. The highest BCUT2D eigenvalue weighted by atomic mass is 16.6. The highest BCUT2D eigenvalue weighted by molar-refractivity contribution is 5.86. The molecule has 0 N–H and O–H groups in total. The van der Waals surface area contributed by atoms with Gasteiger partial charge in [-0.2, -0.15) is 0 Å². The lowest BCUT2D eigenvalue weighted by Crippen LogP contribution is -2.51. The van der Waals surface area contributed by atoms with Crippen LogP contribution in [0.1, 0.15) is 74.6 Å². The number of aromatic nitrogens is 1. The number of aryl methyl sites for hydroxylation is 1. The number of benzene rings is 3. The molecule has 2 fully saturated rings. The lowest BCUT2D eigenvalue weighted by molar-refractivity contribution is -0.139. The SMILES string of the molecule is COCCCn1cc(CN(C(=O)[C@H]2CN(C(=O)OC(C)(C)C)CC[C@@H]2c2cccc(C#Cc3ccccc3)c2)C2CC2)c2ccccc21. The van der Waals surface area contributed by atoms with Crippen LogP contribution in [0.3, 0.4) is 0 Å². The summed E-state index contributed by atoms with van der Waals surface area (Å²) in [5.74, 6) is 6.24. The van der Waals surface area contributed by atoms with Crippen molar-refractivity contribution in [2.24, 2.45) is 5.92 Å². The van der Waals surface area contributed by atoms with E-state index in [-0.39, 0.29) is 24.0 Å². The van der Waals surface area contributed by atoms with Crippen LogP contribution in [0.25, 0.3) is 10.9 Å². The first-order valence-electron chi connectivity index (χ1n) is 17.2. The molecule has 2 atom stereocenters. The number of hydrogen-bond donors (Lipinski definition) is 0. The number of likely N-dealkylation sites (tertiary alicyclic amines) is 1. The van der Waals surface area contributed by atoms with Crippen molar-refractivity contribution in [2.75, 3.05) is 26.8 Å². The number of hydrogen-bond acceptors (Lipinski definition) is 4. The van der Waals surface area contributed by atoms with Gasteiger partial charge in [0, 0.05) is 74.2 Å². The first kappa shape index (κ1) is 33.4.